The second-order valence-electron chi connectivity index (χ2n) is 8.51. The van der Waals surface area contributed by atoms with Gasteiger partial charge in [0, 0.05) is 39.6 Å². The Bertz CT molecular complexity index is 1200. The van der Waals surface area contributed by atoms with Crippen molar-refractivity contribution in [3.05, 3.63) is 66.5 Å². The maximum absolute atomic E-state index is 13.2. The van der Waals surface area contributed by atoms with Gasteiger partial charge in [0.05, 0.1) is 17.0 Å². The SMILES string of the molecule is Cc1ccc(N[C@@H]2CCN(S(=O)(=O)c3ccc(-c4ccnc(N(C)C)c4)cc3)C[C@@H]2O)nc1. The molecule has 0 radical (unpaired) electrons. The van der Waals surface area contributed by atoms with E-state index in [9.17, 15) is 13.5 Å². The molecule has 0 aliphatic carbocycles. The summed E-state index contributed by atoms with van der Waals surface area (Å²) in [6.07, 6.45) is 3.14. The lowest BCUT2D eigenvalue weighted by molar-refractivity contribution is 0.0949. The lowest BCUT2D eigenvalue weighted by Crippen LogP contribution is -2.51. The third-order valence-corrected chi connectivity index (χ3v) is 7.70. The first kappa shape index (κ1) is 23.2. The van der Waals surface area contributed by atoms with Crippen LogP contribution in [0.4, 0.5) is 11.6 Å². The van der Waals surface area contributed by atoms with Crippen LogP contribution < -0.4 is 10.2 Å². The van der Waals surface area contributed by atoms with Crippen LogP contribution in [0.1, 0.15) is 12.0 Å². The number of aryl methyl sites for hydroxylation is 1. The fourth-order valence-electron chi connectivity index (χ4n) is 3.84. The number of sulfonamides is 1. The normalized spacial score (nSPS) is 19.3. The number of aromatic nitrogens is 2. The van der Waals surface area contributed by atoms with Crippen LogP contribution in [-0.2, 0) is 10.0 Å². The number of nitrogens with one attached hydrogen (secondary N) is 1. The number of β-amino-alcohol motifs (C(OH)–C–C–N with tert-alkyl or cyclic N) is 1. The van der Waals surface area contributed by atoms with E-state index in [4.69, 9.17) is 0 Å². The molecule has 3 aromatic rings. The Morgan fingerprint density at radius 3 is 2.45 bits per heavy atom. The largest absolute Gasteiger partial charge is 0.390 e. The van der Waals surface area contributed by atoms with Crippen molar-refractivity contribution in [2.45, 2.75) is 30.4 Å². The molecule has 2 N–H and O–H groups in total. The van der Waals surface area contributed by atoms with E-state index in [0.717, 1.165) is 22.5 Å². The summed E-state index contributed by atoms with van der Waals surface area (Å²) in [5, 5.41) is 13.8. The molecule has 0 spiro atoms. The molecule has 1 fully saturated rings. The molecular formula is C24H29N5O3S. The van der Waals surface area contributed by atoms with E-state index in [0.29, 0.717) is 18.8 Å². The number of hydrogen-bond acceptors (Lipinski definition) is 7. The molecule has 0 unspecified atom stereocenters. The maximum atomic E-state index is 13.2. The van der Waals surface area contributed by atoms with Crippen molar-refractivity contribution in [2.24, 2.45) is 0 Å². The van der Waals surface area contributed by atoms with Gasteiger partial charge in [-0.05, 0) is 60.4 Å². The highest BCUT2D eigenvalue weighted by molar-refractivity contribution is 7.89. The smallest absolute Gasteiger partial charge is 0.243 e. The summed E-state index contributed by atoms with van der Waals surface area (Å²) >= 11 is 0. The molecule has 2 aromatic heterocycles. The van der Waals surface area contributed by atoms with Gasteiger partial charge < -0.3 is 15.3 Å². The Kier molecular flexibility index (Phi) is 6.64. The zero-order valence-electron chi connectivity index (χ0n) is 19.0. The van der Waals surface area contributed by atoms with Gasteiger partial charge in [0.25, 0.3) is 0 Å². The second kappa shape index (κ2) is 9.46. The summed E-state index contributed by atoms with van der Waals surface area (Å²) in [6.45, 7) is 2.31. The summed E-state index contributed by atoms with van der Waals surface area (Å²) in [6, 6.07) is 14.2. The Hall–Kier alpha value is -3.01. The summed E-state index contributed by atoms with van der Waals surface area (Å²) in [4.78, 5) is 10.8. The Morgan fingerprint density at radius 1 is 1.06 bits per heavy atom. The number of aliphatic hydroxyl groups is 1. The van der Waals surface area contributed by atoms with Crippen molar-refractivity contribution in [3.8, 4) is 11.1 Å². The molecule has 3 heterocycles. The van der Waals surface area contributed by atoms with E-state index in [-0.39, 0.29) is 17.5 Å². The number of rotatable bonds is 6. The van der Waals surface area contributed by atoms with E-state index in [1.54, 1.807) is 36.7 Å². The number of benzene rings is 1. The van der Waals surface area contributed by atoms with Gasteiger partial charge in [0.1, 0.15) is 11.6 Å². The summed E-state index contributed by atoms with van der Waals surface area (Å²) < 4.78 is 27.7. The third-order valence-electron chi connectivity index (χ3n) is 5.82. The van der Waals surface area contributed by atoms with Crippen molar-refractivity contribution in [2.75, 3.05) is 37.4 Å². The summed E-state index contributed by atoms with van der Waals surface area (Å²) in [5.74, 6) is 1.50. The number of anilines is 2. The van der Waals surface area contributed by atoms with Gasteiger partial charge in [-0.15, -0.1) is 0 Å². The standard InChI is InChI=1S/C24H29N5O3S/c1-17-4-9-23(26-15-17)27-21-11-13-29(16-22(21)30)33(31,32)20-7-5-18(6-8-20)19-10-12-25-24(14-19)28(2)3/h4-10,12,14-15,21-22,30H,11,13,16H2,1-3H3,(H,26,27)/t21-,22+/m1/s1. The predicted octanol–water partition coefficient (Wildman–Crippen LogP) is 2.75. The van der Waals surface area contributed by atoms with Crippen molar-refractivity contribution < 1.29 is 13.5 Å². The topological polar surface area (TPSA) is 98.7 Å². The highest BCUT2D eigenvalue weighted by atomic mass is 32.2. The number of pyridine rings is 2. The fourth-order valence-corrected chi connectivity index (χ4v) is 5.32. The van der Waals surface area contributed by atoms with Gasteiger partial charge in [-0.25, -0.2) is 18.4 Å². The minimum Gasteiger partial charge on any atom is -0.390 e. The number of nitrogens with zero attached hydrogens (tertiary/aromatic N) is 4. The van der Waals surface area contributed by atoms with E-state index >= 15 is 0 Å². The molecule has 9 heteroatoms. The van der Waals surface area contributed by atoms with Crippen LogP contribution >= 0.6 is 0 Å². The molecule has 0 amide bonds. The van der Waals surface area contributed by atoms with Crippen LogP contribution in [0.3, 0.4) is 0 Å². The first-order valence-corrected chi connectivity index (χ1v) is 12.3. The molecule has 1 aromatic carbocycles. The molecule has 1 aliphatic heterocycles. The second-order valence-corrected chi connectivity index (χ2v) is 10.5. The minimum atomic E-state index is -3.71. The average molecular weight is 468 g/mol. The van der Waals surface area contributed by atoms with E-state index < -0.39 is 16.1 Å². The molecule has 1 saturated heterocycles. The molecule has 0 bridgehead atoms. The van der Waals surface area contributed by atoms with Crippen molar-refractivity contribution in [1.82, 2.24) is 14.3 Å². The first-order valence-electron chi connectivity index (χ1n) is 10.9. The molecule has 174 valence electrons. The van der Waals surface area contributed by atoms with E-state index in [1.165, 1.54) is 4.31 Å². The van der Waals surface area contributed by atoms with Crippen LogP contribution in [0.2, 0.25) is 0 Å². The highest BCUT2D eigenvalue weighted by Gasteiger charge is 2.34. The molecular weight excluding hydrogens is 438 g/mol. The quantitative estimate of drug-likeness (QED) is 0.575. The van der Waals surface area contributed by atoms with Gasteiger partial charge in [-0.3, -0.25) is 0 Å². The van der Waals surface area contributed by atoms with Crippen LogP contribution in [0.5, 0.6) is 0 Å². The Morgan fingerprint density at radius 2 is 1.82 bits per heavy atom. The van der Waals surface area contributed by atoms with Gasteiger partial charge in [0.2, 0.25) is 10.0 Å². The van der Waals surface area contributed by atoms with Crippen LogP contribution in [0.25, 0.3) is 11.1 Å². The lowest BCUT2D eigenvalue weighted by atomic mass is 10.0. The zero-order chi connectivity index (χ0) is 23.6. The lowest BCUT2D eigenvalue weighted by Gasteiger charge is -2.35. The van der Waals surface area contributed by atoms with Crippen molar-refractivity contribution in [3.63, 3.8) is 0 Å². The Balaban J connectivity index is 1.45. The fraction of sp³-hybridized carbons (Fsp3) is 0.333. The number of hydrogen-bond donors (Lipinski definition) is 2. The summed E-state index contributed by atoms with van der Waals surface area (Å²) in [5.41, 5.74) is 2.92. The molecule has 1 aliphatic rings. The average Bonchev–Trinajstić information content (AvgIpc) is 2.82. The monoisotopic (exact) mass is 467 g/mol. The van der Waals surface area contributed by atoms with Crippen LogP contribution in [0, 0.1) is 6.92 Å². The van der Waals surface area contributed by atoms with Crippen LogP contribution in [-0.4, -0.2) is 67.1 Å². The molecule has 33 heavy (non-hydrogen) atoms. The van der Waals surface area contributed by atoms with Gasteiger partial charge >= 0.3 is 0 Å². The third kappa shape index (κ3) is 5.16. The minimum absolute atomic E-state index is 0.0319. The predicted molar refractivity (Wildman–Crippen MR) is 130 cm³/mol. The van der Waals surface area contributed by atoms with Crippen LogP contribution in [0.15, 0.2) is 65.8 Å². The summed E-state index contributed by atoms with van der Waals surface area (Å²) in [7, 11) is 0.138. The number of piperidine rings is 1. The first-order chi connectivity index (χ1) is 15.7. The molecule has 4 rings (SSSR count). The van der Waals surface area contributed by atoms with E-state index in [1.807, 2.05) is 50.2 Å². The molecule has 2 atom stereocenters. The van der Waals surface area contributed by atoms with Crippen molar-refractivity contribution in [1.29, 1.82) is 0 Å². The highest BCUT2D eigenvalue weighted by Crippen LogP contribution is 2.27. The number of aliphatic hydroxyl groups excluding tert-OH is 1. The molecule has 0 saturated carbocycles. The van der Waals surface area contributed by atoms with Gasteiger partial charge in [0.15, 0.2) is 0 Å². The van der Waals surface area contributed by atoms with E-state index in [2.05, 4.69) is 15.3 Å². The Labute approximate surface area is 195 Å². The maximum Gasteiger partial charge on any atom is 0.243 e. The van der Waals surface area contributed by atoms with Gasteiger partial charge in [-0.1, -0.05) is 18.2 Å². The molecule has 8 nitrogen and oxygen atoms in total. The van der Waals surface area contributed by atoms with Gasteiger partial charge in [-0.2, -0.15) is 4.31 Å². The zero-order valence-corrected chi connectivity index (χ0v) is 19.8. The van der Waals surface area contributed by atoms with Crippen molar-refractivity contribution >= 4 is 21.7 Å².